The maximum absolute atomic E-state index is 11.6. The predicted molar refractivity (Wildman–Crippen MR) is 116 cm³/mol. The molecule has 0 atom stereocenters. The minimum Gasteiger partial charge on any atom is -0.354 e. The first-order valence-corrected chi connectivity index (χ1v) is 11.6. The van der Waals surface area contributed by atoms with Crippen molar-refractivity contribution in [3.05, 3.63) is 47.8 Å². The number of rotatable bonds is 4. The van der Waals surface area contributed by atoms with Gasteiger partial charge in [0.2, 0.25) is 0 Å². The van der Waals surface area contributed by atoms with Gasteiger partial charge in [0.05, 0.1) is 5.69 Å². The molecule has 9 heteroatoms. The highest BCUT2D eigenvalue weighted by molar-refractivity contribution is 7.86. The number of fused-ring (bicyclic) bond motifs is 1. The molecule has 1 spiro atoms. The lowest BCUT2D eigenvalue weighted by Gasteiger charge is -2.60. The maximum Gasteiger partial charge on any atom is 0.276 e. The van der Waals surface area contributed by atoms with Crippen LogP contribution in [0.4, 0.5) is 5.82 Å². The molecule has 0 bridgehead atoms. The number of aryl methyl sites for hydroxylation is 2. The Kier molecular flexibility index (Phi) is 4.22. The molecule has 158 valence electrons. The largest absolute Gasteiger partial charge is 0.354 e. The van der Waals surface area contributed by atoms with Gasteiger partial charge in [0.1, 0.15) is 11.8 Å². The Labute approximate surface area is 176 Å². The van der Waals surface area contributed by atoms with Crippen LogP contribution in [0.3, 0.4) is 0 Å². The molecule has 8 nitrogen and oxygen atoms in total. The summed E-state index contributed by atoms with van der Waals surface area (Å²) in [6.45, 7) is 5.92. The summed E-state index contributed by atoms with van der Waals surface area (Å²) in [5.41, 5.74) is 5.74. The fourth-order valence-electron chi connectivity index (χ4n) is 4.94. The van der Waals surface area contributed by atoms with Crippen molar-refractivity contribution in [2.75, 3.05) is 25.0 Å². The number of nitrogens with zero attached hydrogens (tertiary/aromatic N) is 5. The first-order valence-electron chi connectivity index (χ1n) is 10.1. The quantitative estimate of drug-likeness (QED) is 0.689. The Morgan fingerprint density at radius 3 is 2.47 bits per heavy atom. The molecule has 2 fully saturated rings. The van der Waals surface area contributed by atoms with Crippen LogP contribution in [0.25, 0.3) is 16.8 Å². The topological polar surface area (TPSA) is 96.8 Å². The van der Waals surface area contributed by atoms with Crippen LogP contribution < -0.4 is 10.0 Å². The zero-order chi connectivity index (χ0) is 21.3. The summed E-state index contributed by atoms with van der Waals surface area (Å²) in [4.78, 5) is 6.87. The first-order chi connectivity index (χ1) is 14.2. The number of anilines is 1. The third-order valence-corrected chi connectivity index (χ3v) is 7.78. The van der Waals surface area contributed by atoms with Gasteiger partial charge in [-0.05, 0) is 38.3 Å². The molecular formula is C21H26N6O2S. The van der Waals surface area contributed by atoms with Gasteiger partial charge in [-0.3, -0.25) is 0 Å². The monoisotopic (exact) mass is 426 g/mol. The number of aromatic nitrogens is 3. The zero-order valence-electron chi connectivity index (χ0n) is 17.4. The van der Waals surface area contributed by atoms with Crippen molar-refractivity contribution in [3.8, 4) is 11.3 Å². The minimum absolute atomic E-state index is 0.00394. The maximum atomic E-state index is 11.6. The third-order valence-electron chi connectivity index (χ3n) is 6.68. The fourth-order valence-corrected chi connectivity index (χ4v) is 5.51. The molecule has 30 heavy (non-hydrogen) atoms. The summed E-state index contributed by atoms with van der Waals surface area (Å²) in [5.74, 6) is 0.940. The smallest absolute Gasteiger partial charge is 0.276 e. The number of nitrogens with two attached hydrogens (primary N) is 1. The fraction of sp³-hybridized carbons (Fsp3) is 0.429. The van der Waals surface area contributed by atoms with E-state index in [0.29, 0.717) is 0 Å². The summed E-state index contributed by atoms with van der Waals surface area (Å²) in [5, 5.41) is 9.79. The SMILES string of the molecule is Cc1ccc(-c2cc(C)c3c(N4CC5(CC(N(C)S(N)(=O)=O)C5)C4)ncnn23)cc1. The normalized spacial score (nSPS) is 18.8. The van der Waals surface area contributed by atoms with Crippen LogP contribution in [0.2, 0.25) is 0 Å². The van der Waals surface area contributed by atoms with Gasteiger partial charge < -0.3 is 4.90 Å². The predicted octanol–water partition coefficient (Wildman–Crippen LogP) is 2.12. The molecule has 0 radical (unpaired) electrons. The standard InChI is InChI=1S/C21H26N6O2S/c1-14-4-6-16(7-5-14)18-8-15(2)19-20(23-13-24-27(18)19)26-11-21(12-26)9-17(10-21)25(3)30(22,28)29/h4-8,13,17H,9-12H2,1-3H3,(H2,22,28,29). The van der Waals surface area contributed by atoms with Crippen LogP contribution in [0.5, 0.6) is 0 Å². The van der Waals surface area contributed by atoms with Gasteiger partial charge in [-0.2, -0.15) is 17.8 Å². The molecule has 5 rings (SSSR count). The van der Waals surface area contributed by atoms with Crippen molar-refractivity contribution in [1.29, 1.82) is 0 Å². The van der Waals surface area contributed by atoms with Crippen LogP contribution in [-0.2, 0) is 10.2 Å². The molecule has 1 aromatic carbocycles. The molecule has 0 amide bonds. The molecule has 1 saturated carbocycles. The average Bonchev–Trinajstić information content (AvgIpc) is 2.97. The van der Waals surface area contributed by atoms with E-state index in [1.807, 2.05) is 4.52 Å². The lowest BCUT2D eigenvalue weighted by molar-refractivity contribution is 0.0207. The highest BCUT2D eigenvalue weighted by atomic mass is 32.2. The Bertz CT molecular complexity index is 1220. The van der Waals surface area contributed by atoms with E-state index in [-0.39, 0.29) is 11.5 Å². The average molecular weight is 427 g/mol. The Balaban J connectivity index is 1.39. The lowest BCUT2D eigenvalue weighted by Crippen LogP contribution is -2.67. The van der Waals surface area contributed by atoms with E-state index in [1.165, 1.54) is 9.87 Å². The van der Waals surface area contributed by atoms with Crippen molar-refractivity contribution in [1.82, 2.24) is 18.9 Å². The van der Waals surface area contributed by atoms with Gasteiger partial charge in [0.25, 0.3) is 10.2 Å². The van der Waals surface area contributed by atoms with Gasteiger partial charge in [-0.15, -0.1) is 0 Å². The summed E-state index contributed by atoms with van der Waals surface area (Å²) in [6, 6.07) is 10.6. The third kappa shape index (κ3) is 3.00. The first kappa shape index (κ1) is 19.5. The molecule has 2 aromatic heterocycles. The van der Waals surface area contributed by atoms with E-state index in [1.54, 1.807) is 13.4 Å². The highest BCUT2D eigenvalue weighted by Gasteiger charge is 2.55. The van der Waals surface area contributed by atoms with Crippen LogP contribution in [0.1, 0.15) is 24.0 Å². The van der Waals surface area contributed by atoms with Crippen molar-refractivity contribution >= 4 is 21.5 Å². The van der Waals surface area contributed by atoms with Crippen molar-refractivity contribution < 1.29 is 8.42 Å². The van der Waals surface area contributed by atoms with E-state index in [0.717, 1.165) is 54.1 Å². The van der Waals surface area contributed by atoms with E-state index < -0.39 is 10.2 Å². The second-order valence-electron chi connectivity index (χ2n) is 8.90. The molecule has 1 saturated heterocycles. The number of hydrogen-bond donors (Lipinski definition) is 1. The van der Waals surface area contributed by atoms with Gasteiger partial charge >= 0.3 is 0 Å². The molecule has 2 aliphatic rings. The Morgan fingerprint density at radius 1 is 1.17 bits per heavy atom. The van der Waals surface area contributed by atoms with Crippen LogP contribution in [0, 0.1) is 19.3 Å². The molecule has 1 aliphatic carbocycles. The van der Waals surface area contributed by atoms with Crippen molar-refractivity contribution in [2.24, 2.45) is 10.6 Å². The summed E-state index contributed by atoms with van der Waals surface area (Å²) in [6.07, 6.45) is 3.29. The van der Waals surface area contributed by atoms with Crippen molar-refractivity contribution in [3.63, 3.8) is 0 Å². The molecule has 3 heterocycles. The lowest BCUT2D eigenvalue weighted by atomic mass is 9.60. The highest BCUT2D eigenvalue weighted by Crippen LogP contribution is 2.51. The van der Waals surface area contributed by atoms with Gasteiger partial charge in [0, 0.05) is 37.2 Å². The Morgan fingerprint density at radius 2 is 1.83 bits per heavy atom. The number of benzene rings is 1. The minimum atomic E-state index is -3.63. The number of hydrogen-bond acceptors (Lipinski definition) is 5. The van der Waals surface area contributed by atoms with E-state index in [2.05, 4.69) is 59.2 Å². The summed E-state index contributed by atoms with van der Waals surface area (Å²) in [7, 11) is -2.06. The molecular weight excluding hydrogens is 400 g/mol. The van der Waals surface area contributed by atoms with Gasteiger partial charge in [-0.25, -0.2) is 14.6 Å². The molecule has 1 aliphatic heterocycles. The van der Waals surface area contributed by atoms with Crippen LogP contribution in [0.15, 0.2) is 36.7 Å². The molecule has 0 unspecified atom stereocenters. The second-order valence-corrected chi connectivity index (χ2v) is 10.5. The molecule has 3 aromatic rings. The van der Waals surface area contributed by atoms with E-state index in [4.69, 9.17) is 5.14 Å². The van der Waals surface area contributed by atoms with Gasteiger partial charge in [-0.1, -0.05) is 29.8 Å². The summed E-state index contributed by atoms with van der Waals surface area (Å²) < 4.78 is 26.4. The second kappa shape index (κ2) is 6.50. The van der Waals surface area contributed by atoms with Gasteiger partial charge in [0.15, 0.2) is 5.82 Å². The Hall–Kier alpha value is -2.49. The van der Waals surface area contributed by atoms with Crippen molar-refractivity contribution in [2.45, 2.75) is 32.7 Å². The van der Waals surface area contributed by atoms with E-state index >= 15 is 0 Å². The molecule has 2 N–H and O–H groups in total. The van der Waals surface area contributed by atoms with Crippen LogP contribution in [-0.4, -0.2) is 53.5 Å². The zero-order valence-corrected chi connectivity index (χ0v) is 18.2. The van der Waals surface area contributed by atoms with E-state index in [9.17, 15) is 8.42 Å². The summed E-state index contributed by atoms with van der Waals surface area (Å²) >= 11 is 0. The van der Waals surface area contributed by atoms with Crippen LogP contribution >= 0.6 is 0 Å².